The van der Waals surface area contributed by atoms with Gasteiger partial charge in [0.05, 0.1) is 5.02 Å². The van der Waals surface area contributed by atoms with Crippen molar-refractivity contribution < 1.29 is 0 Å². The van der Waals surface area contributed by atoms with E-state index in [2.05, 4.69) is 22.9 Å². The van der Waals surface area contributed by atoms with Gasteiger partial charge in [0.2, 0.25) is 0 Å². The molecule has 0 saturated heterocycles. The molecule has 0 atom stereocenters. The molecule has 14 heavy (non-hydrogen) atoms. The monoisotopic (exact) mass is 232 g/mol. The summed E-state index contributed by atoms with van der Waals surface area (Å²) < 4.78 is 0. The average Bonchev–Trinajstić information content (AvgIpc) is 2.49. The van der Waals surface area contributed by atoms with Crippen LogP contribution in [0.25, 0.3) is 0 Å². The number of aryl methyl sites for hydroxylation is 1. The van der Waals surface area contributed by atoms with Crippen LogP contribution in [0.4, 0.5) is 0 Å². The molecule has 1 rings (SSSR count). The molecule has 0 unspecified atom stereocenters. The van der Waals surface area contributed by atoms with Crippen LogP contribution >= 0.6 is 22.9 Å². The minimum atomic E-state index is 0.878. The first-order chi connectivity index (χ1) is 6.75. The van der Waals surface area contributed by atoms with Gasteiger partial charge in [-0.15, -0.1) is 11.3 Å². The van der Waals surface area contributed by atoms with Gasteiger partial charge in [0.15, 0.2) is 0 Å². The average molecular weight is 233 g/mol. The molecule has 2 N–H and O–H groups in total. The molecule has 0 amide bonds. The molecule has 0 fully saturated rings. The van der Waals surface area contributed by atoms with E-state index in [9.17, 15) is 0 Å². The van der Waals surface area contributed by atoms with Crippen molar-refractivity contribution in [1.29, 1.82) is 0 Å². The van der Waals surface area contributed by atoms with Gasteiger partial charge >= 0.3 is 0 Å². The van der Waals surface area contributed by atoms with Crippen molar-refractivity contribution in [3.8, 4) is 0 Å². The summed E-state index contributed by atoms with van der Waals surface area (Å²) in [5, 5.41) is 9.64. The molecule has 0 radical (unpaired) electrons. The third-order valence-corrected chi connectivity index (χ3v) is 3.73. The van der Waals surface area contributed by atoms with Gasteiger partial charge in [0, 0.05) is 24.5 Å². The summed E-state index contributed by atoms with van der Waals surface area (Å²) in [6.07, 6.45) is 0. The zero-order valence-electron chi connectivity index (χ0n) is 8.69. The van der Waals surface area contributed by atoms with Gasteiger partial charge in [-0.2, -0.15) is 0 Å². The van der Waals surface area contributed by atoms with E-state index in [1.807, 2.05) is 6.92 Å². The van der Waals surface area contributed by atoms with E-state index in [1.54, 1.807) is 11.3 Å². The Balaban J connectivity index is 2.21. The van der Waals surface area contributed by atoms with Crippen LogP contribution in [0, 0.1) is 6.92 Å². The van der Waals surface area contributed by atoms with Crippen molar-refractivity contribution in [2.75, 3.05) is 19.6 Å². The minimum absolute atomic E-state index is 0.878. The lowest BCUT2D eigenvalue weighted by Crippen LogP contribution is -2.26. The highest BCUT2D eigenvalue weighted by molar-refractivity contribution is 7.10. The normalized spacial score (nSPS) is 10.8. The number of rotatable bonds is 6. The van der Waals surface area contributed by atoms with Crippen LogP contribution in [-0.2, 0) is 6.54 Å². The highest BCUT2D eigenvalue weighted by Crippen LogP contribution is 2.26. The molecule has 0 bridgehead atoms. The molecule has 0 aliphatic heterocycles. The molecule has 0 aliphatic carbocycles. The standard InChI is InChI=1S/C10H17ClN2S/c1-3-12-4-5-13-6-9-10(11)8(2)7-14-9/h7,12-13H,3-6H2,1-2H3. The number of hydrogen-bond donors (Lipinski definition) is 2. The molecule has 0 saturated carbocycles. The third-order valence-electron chi connectivity index (χ3n) is 1.98. The number of hydrogen-bond acceptors (Lipinski definition) is 3. The molecule has 0 spiro atoms. The maximum absolute atomic E-state index is 6.10. The number of halogens is 1. The minimum Gasteiger partial charge on any atom is -0.316 e. The molecular formula is C10H17ClN2S. The van der Waals surface area contributed by atoms with Crippen LogP contribution in [0.5, 0.6) is 0 Å². The summed E-state index contributed by atoms with van der Waals surface area (Å²) in [6.45, 7) is 8.06. The Kier molecular flexibility index (Phi) is 5.48. The second-order valence-electron chi connectivity index (χ2n) is 3.19. The van der Waals surface area contributed by atoms with Crippen LogP contribution in [-0.4, -0.2) is 19.6 Å². The van der Waals surface area contributed by atoms with Crippen molar-refractivity contribution in [1.82, 2.24) is 10.6 Å². The summed E-state index contributed by atoms with van der Waals surface area (Å²) >= 11 is 7.83. The fourth-order valence-corrected chi connectivity index (χ4v) is 2.36. The number of nitrogens with one attached hydrogen (secondary N) is 2. The fourth-order valence-electron chi connectivity index (χ4n) is 1.16. The summed E-state index contributed by atoms with van der Waals surface area (Å²) in [5.41, 5.74) is 1.18. The van der Waals surface area contributed by atoms with Gasteiger partial charge in [-0.25, -0.2) is 0 Å². The zero-order chi connectivity index (χ0) is 10.4. The number of likely N-dealkylation sites (N-methyl/N-ethyl adjacent to an activating group) is 1. The molecular weight excluding hydrogens is 216 g/mol. The first kappa shape index (κ1) is 12.0. The molecule has 1 heterocycles. The zero-order valence-corrected chi connectivity index (χ0v) is 10.3. The maximum atomic E-state index is 6.10. The van der Waals surface area contributed by atoms with E-state index in [1.165, 1.54) is 10.4 Å². The first-order valence-corrected chi connectivity index (χ1v) is 6.15. The summed E-state index contributed by atoms with van der Waals surface area (Å²) in [7, 11) is 0. The Morgan fingerprint density at radius 1 is 1.36 bits per heavy atom. The smallest absolute Gasteiger partial charge is 0.0587 e. The van der Waals surface area contributed by atoms with Crippen molar-refractivity contribution >= 4 is 22.9 Å². The topological polar surface area (TPSA) is 24.1 Å². The molecule has 1 aromatic rings. The molecule has 1 aromatic heterocycles. The van der Waals surface area contributed by atoms with Crippen molar-refractivity contribution in [3.63, 3.8) is 0 Å². The van der Waals surface area contributed by atoms with E-state index in [0.717, 1.165) is 31.2 Å². The van der Waals surface area contributed by atoms with E-state index in [-0.39, 0.29) is 0 Å². The van der Waals surface area contributed by atoms with Crippen molar-refractivity contribution in [2.45, 2.75) is 20.4 Å². The third kappa shape index (κ3) is 3.58. The van der Waals surface area contributed by atoms with Gasteiger partial charge in [0.1, 0.15) is 0 Å². The van der Waals surface area contributed by atoms with Crippen LogP contribution < -0.4 is 10.6 Å². The van der Waals surface area contributed by atoms with Gasteiger partial charge < -0.3 is 10.6 Å². The van der Waals surface area contributed by atoms with Crippen LogP contribution in [0.2, 0.25) is 5.02 Å². The van der Waals surface area contributed by atoms with Gasteiger partial charge in [-0.3, -0.25) is 0 Å². The lowest BCUT2D eigenvalue weighted by atomic mass is 10.3. The lowest BCUT2D eigenvalue weighted by Gasteiger charge is -2.03. The molecule has 0 aromatic carbocycles. The second kappa shape index (κ2) is 6.40. The predicted octanol–water partition coefficient (Wildman–Crippen LogP) is 2.41. The van der Waals surface area contributed by atoms with Gasteiger partial charge in [-0.05, 0) is 24.4 Å². The SMILES string of the molecule is CCNCCNCc1scc(C)c1Cl. The number of thiophene rings is 1. The van der Waals surface area contributed by atoms with E-state index in [0.29, 0.717) is 0 Å². The van der Waals surface area contributed by atoms with E-state index >= 15 is 0 Å². The maximum Gasteiger partial charge on any atom is 0.0587 e. The van der Waals surface area contributed by atoms with Crippen LogP contribution in [0.15, 0.2) is 5.38 Å². The quantitative estimate of drug-likeness (QED) is 0.737. The van der Waals surface area contributed by atoms with Crippen molar-refractivity contribution in [2.24, 2.45) is 0 Å². The lowest BCUT2D eigenvalue weighted by molar-refractivity contribution is 0.628. The summed E-state index contributed by atoms with van der Waals surface area (Å²) in [4.78, 5) is 1.24. The Morgan fingerprint density at radius 3 is 2.64 bits per heavy atom. The Hall–Kier alpha value is -0.0900. The molecule has 2 nitrogen and oxygen atoms in total. The highest BCUT2D eigenvalue weighted by Gasteiger charge is 2.04. The van der Waals surface area contributed by atoms with E-state index in [4.69, 9.17) is 11.6 Å². The van der Waals surface area contributed by atoms with Crippen LogP contribution in [0.3, 0.4) is 0 Å². The predicted molar refractivity (Wildman–Crippen MR) is 64.3 cm³/mol. The van der Waals surface area contributed by atoms with Gasteiger partial charge in [0.25, 0.3) is 0 Å². The largest absolute Gasteiger partial charge is 0.316 e. The summed E-state index contributed by atoms with van der Waals surface area (Å²) in [6, 6.07) is 0. The molecule has 4 heteroatoms. The van der Waals surface area contributed by atoms with Crippen molar-refractivity contribution in [3.05, 3.63) is 20.8 Å². The second-order valence-corrected chi connectivity index (χ2v) is 4.53. The molecule has 0 aliphatic rings. The Labute approximate surface area is 94.7 Å². The first-order valence-electron chi connectivity index (χ1n) is 4.89. The Morgan fingerprint density at radius 2 is 2.07 bits per heavy atom. The van der Waals surface area contributed by atoms with E-state index < -0.39 is 0 Å². The Bertz CT molecular complexity index is 273. The van der Waals surface area contributed by atoms with Crippen LogP contribution in [0.1, 0.15) is 17.4 Å². The highest BCUT2D eigenvalue weighted by atomic mass is 35.5. The fraction of sp³-hybridized carbons (Fsp3) is 0.600. The summed E-state index contributed by atoms with van der Waals surface area (Å²) in [5.74, 6) is 0. The van der Waals surface area contributed by atoms with Gasteiger partial charge in [-0.1, -0.05) is 18.5 Å². The molecule has 80 valence electrons.